The van der Waals surface area contributed by atoms with Gasteiger partial charge in [-0.3, -0.25) is 4.79 Å². The number of pyridine rings is 1. The molecule has 1 aromatic rings. The van der Waals surface area contributed by atoms with E-state index < -0.39 is 5.54 Å². The molecule has 1 unspecified atom stereocenters. The second kappa shape index (κ2) is 4.22. The first-order valence-corrected chi connectivity index (χ1v) is 5.59. The Morgan fingerprint density at radius 3 is 2.94 bits per heavy atom. The molecule has 2 heterocycles. The van der Waals surface area contributed by atoms with Crippen molar-refractivity contribution in [2.45, 2.75) is 32.2 Å². The van der Waals surface area contributed by atoms with Crippen molar-refractivity contribution in [1.29, 1.82) is 0 Å². The quantitative estimate of drug-likeness (QED) is 0.792. The lowest BCUT2D eigenvalue weighted by molar-refractivity contribution is -0.121. The highest BCUT2D eigenvalue weighted by Gasteiger charge is 2.35. The first-order valence-electron chi connectivity index (χ1n) is 5.59. The van der Waals surface area contributed by atoms with Gasteiger partial charge in [0.15, 0.2) is 0 Å². The smallest absolute Gasteiger partial charge is 0.245 e. The van der Waals surface area contributed by atoms with E-state index in [-0.39, 0.29) is 5.91 Å². The molecule has 0 aromatic carbocycles. The summed E-state index contributed by atoms with van der Waals surface area (Å²) in [7, 11) is 0. The number of rotatable bonds is 2. The zero-order chi connectivity index (χ0) is 11.6. The summed E-state index contributed by atoms with van der Waals surface area (Å²) >= 11 is 0. The topological polar surface area (TPSA) is 54.0 Å². The second-order valence-corrected chi connectivity index (χ2v) is 4.54. The van der Waals surface area contributed by atoms with Crippen LogP contribution in [-0.2, 0) is 4.79 Å². The maximum Gasteiger partial charge on any atom is 0.245 e. The number of aryl methyl sites for hydroxylation is 1. The Hall–Kier alpha value is -1.42. The fourth-order valence-electron chi connectivity index (χ4n) is 1.88. The Morgan fingerprint density at radius 2 is 2.38 bits per heavy atom. The number of nitrogens with one attached hydrogen (secondary N) is 2. The lowest BCUT2D eigenvalue weighted by Gasteiger charge is -2.22. The Morgan fingerprint density at radius 1 is 1.56 bits per heavy atom. The summed E-state index contributed by atoms with van der Waals surface area (Å²) in [4.78, 5) is 16.2. The molecule has 1 aliphatic heterocycles. The van der Waals surface area contributed by atoms with Crippen LogP contribution in [0.25, 0.3) is 0 Å². The van der Waals surface area contributed by atoms with Crippen molar-refractivity contribution in [3.63, 3.8) is 0 Å². The van der Waals surface area contributed by atoms with E-state index in [1.165, 1.54) is 0 Å². The molecule has 0 aliphatic carbocycles. The van der Waals surface area contributed by atoms with Crippen molar-refractivity contribution in [3.05, 3.63) is 23.9 Å². The summed E-state index contributed by atoms with van der Waals surface area (Å²) in [6.07, 6.45) is 3.68. The second-order valence-electron chi connectivity index (χ2n) is 4.54. The van der Waals surface area contributed by atoms with Crippen molar-refractivity contribution in [1.82, 2.24) is 10.3 Å². The maximum absolute atomic E-state index is 12.0. The van der Waals surface area contributed by atoms with Crippen LogP contribution in [0.15, 0.2) is 18.3 Å². The zero-order valence-electron chi connectivity index (χ0n) is 9.71. The highest BCUT2D eigenvalue weighted by Crippen LogP contribution is 2.20. The third kappa shape index (κ3) is 2.22. The van der Waals surface area contributed by atoms with Crippen LogP contribution in [-0.4, -0.2) is 23.0 Å². The van der Waals surface area contributed by atoms with Crippen LogP contribution in [0.2, 0.25) is 0 Å². The fraction of sp³-hybridized carbons (Fsp3) is 0.500. The van der Waals surface area contributed by atoms with Crippen LogP contribution in [0.3, 0.4) is 0 Å². The van der Waals surface area contributed by atoms with Gasteiger partial charge in [-0.1, -0.05) is 6.07 Å². The molecule has 4 heteroatoms. The minimum atomic E-state index is -0.438. The Kier molecular flexibility index (Phi) is 2.92. The highest BCUT2D eigenvalue weighted by atomic mass is 16.2. The predicted octanol–water partition coefficient (Wildman–Crippen LogP) is 1.47. The molecule has 0 spiro atoms. The van der Waals surface area contributed by atoms with Crippen molar-refractivity contribution in [3.8, 4) is 0 Å². The largest absolute Gasteiger partial charge is 0.309 e. The van der Waals surface area contributed by atoms with Gasteiger partial charge < -0.3 is 10.6 Å². The first-order chi connectivity index (χ1) is 7.60. The predicted molar refractivity (Wildman–Crippen MR) is 63.2 cm³/mol. The van der Waals surface area contributed by atoms with Gasteiger partial charge in [0.2, 0.25) is 5.91 Å². The summed E-state index contributed by atoms with van der Waals surface area (Å²) in [5, 5.41) is 6.06. The molecule has 0 radical (unpaired) electrons. The summed E-state index contributed by atoms with van der Waals surface area (Å²) in [6.45, 7) is 4.81. The summed E-state index contributed by atoms with van der Waals surface area (Å²) in [5.41, 5.74) is 0.648. The average molecular weight is 219 g/mol. The van der Waals surface area contributed by atoms with E-state index in [0.717, 1.165) is 24.9 Å². The molecular formula is C12H17N3O. The highest BCUT2D eigenvalue weighted by molar-refractivity contribution is 5.97. The van der Waals surface area contributed by atoms with Crippen molar-refractivity contribution in [2.75, 3.05) is 11.9 Å². The number of carbonyl (C=O) groups is 1. The lowest BCUT2D eigenvalue weighted by Crippen LogP contribution is -2.48. The molecule has 1 aliphatic rings. The van der Waals surface area contributed by atoms with Crippen LogP contribution in [0.4, 0.5) is 5.82 Å². The third-order valence-corrected chi connectivity index (χ3v) is 3.02. The van der Waals surface area contributed by atoms with Crippen LogP contribution >= 0.6 is 0 Å². The van der Waals surface area contributed by atoms with Gasteiger partial charge in [-0.2, -0.15) is 0 Å². The number of anilines is 1. The molecular weight excluding hydrogens is 202 g/mol. The number of nitrogens with zero attached hydrogens (tertiary/aromatic N) is 1. The monoisotopic (exact) mass is 219 g/mol. The number of hydrogen-bond donors (Lipinski definition) is 2. The van der Waals surface area contributed by atoms with Crippen LogP contribution in [0.5, 0.6) is 0 Å². The van der Waals surface area contributed by atoms with E-state index in [4.69, 9.17) is 0 Å². The van der Waals surface area contributed by atoms with Crippen LogP contribution < -0.4 is 10.6 Å². The van der Waals surface area contributed by atoms with Gasteiger partial charge in [0.05, 0.1) is 5.54 Å². The van der Waals surface area contributed by atoms with Crippen molar-refractivity contribution in [2.24, 2.45) is 0 Å². The Balaban J connectivity index is 2.04. The minimum Gasteiger partial charge on any atom is -0.309 e. The molecule has 1 amide bonds. The van der Waals surface area contributed by atoms with Gasteiger partial charge in [-0.25, -0.2) is 4.98 Å². The standard InChI is InChI=1S/C12H17N3O/c1-9-4-5-10(13-8-9)15-11(16)12(2)6-3-7-14-12/h4-5,8,14H,3,6-7H2,1-2H3,(H,13,15,16). The van der Waals surface area contributed by atoms with Gasteiger partial charge in [-0.05, 0) is 44.9 Å². The van der Waals surface area contributed by atoms with E-state index in [0.29, 0.717) is 5.82 Å². The minimum absolute atomic E-state index is 0.00125. The normalized spacial score (nSPS) is 24.4. The van der Waals surface area contributed by atoms with E-state index in [9.17, 15) is 4.79 Å². The Labute approximate surface area is 95.5 Å². The molecule has 86 valence electrons. The molecule has 2 rings (SSSR count). The molecule has 0 saturated carbocycles. The lowest BCUT2D eigenvalue weighted by atomic mass is 9.99. The molecule has 1 atom stereocenters. The van der Waals surface area contributed by atoms with Gasteiger partial charge in [0.25, 0.3) is 0 Å². The molecule has 1 fully saturated rings. The van der Waals surface area contributed by atoms with E-state index >= 15 is 0 Å². The Bertz CT molecular complexity index is 380. The average Bonchev–Trinajstić information content (AvgIpc) is 2.70. The van der Waals surface area contributed by atoms with Gasteiger partial charge in [0, 0.05) is 6.20 Å². The number of amides is 1. The van der Waals surface area contributed by atoms with E-state index in [1.807, 2.05) is 26.0 Å². The third-order valence-electron chi connectivity index (χ3n) is 3.02. The molecule has 0 bridgehead atoms. The summed E-state index contributed by atoms with van der Waals surface area (Å²) < 4.78 is 0. The van der Waals surface area contributed by atoms with Crippen LogP contribution in [0, 0.1) is 6.92 Å². The van der Waals surface area contributed by atoms with Crippen molar-refractivity contribution >= 4 is 11.7 Å². The number of carbonyl (C=O) groups excluding carboxylic acids is 1. The number of hydrogen-bond acceptors (Lipinski definition) is 3. The molecule has 2 N–H and O–H groups in total. The first kappa shape index (κ1) is 11.1. The molecule has 4 nitrogen and oxygen atoms in total. The van der Waals surface area contributed by atoms with E-state index in [2.05, 4.69) is 15.6 Å². The number of aromatic nitrogens is 1. The maximum atomic E-state index is 12.0. The van der Waals surface area contributed by atoms with Crippen LogP contribution in [0.1, 0.15) is 25.3 Å². The molecule has 1 aromatic heterocycles. The summed E-state index contributed by atoms with van der Waals surface area (Å²) in [6, 6.07) is 3.76. The summed E-state index contributed by atoms with van der Waals surface area (Å²) in [5.74, 6) is 0.617. The SMILES string of the molecule is Cc1ccc(NC(=O)C2(C)CCCN2)nc1. The molecule has 16 heavy (non-hydrogen) atoms. The zero-order valence-corrected chi connectivity index (χ0v) is 9.71. The van der Waals surface area contributed by atoms with Crippen molar-refractivity contribution < 1.29 is 4.79 Å². The van der Waals surface area contributed by atoms with Gasteiger partial charge in [0.1, 0.15) is 5.82 Å². The van der Waals surface area contributed by atoms with Gasteiger partial charge in [-0.15, -0.1) is 0 Å². The van der Waals surface area contributed by atoms with Gasteiger partial charge >= 0.3 is 0 Å². The molecule has 1 saturated heterocycles. The fourth-order valence-corrected chi connectivity index (χ4v) is 1.88. The van der Waals surface area contributed by atoms with E-state index in [1.54, 1.807) is 6.20 Å².